The summed E-state index contributed by atoms with van der Waals surface area (Å²) in [6.45, 7) is 7.68. The molecule has 0 aliphatic carbocycles. The van der Waals surface area contributed by atoms with Gasteiger partial charge in [-0.3, -0.25) is 9.69 Å². The molecule has 1 aromatic heterocycles. The van der Waals surface area contributed by atoms with Crippen molar-refractivity contribution in [3.05, 3.63) is 23.7 Å². The lowest BCUT2D eigenvalue weighted by atomic mass is 10.2. The second-order valence-electron chi connectivity index (χ2n) is 5.27. The van der Waals surface area contributed by atoms with E-state index in [1.807, 2.05) is 24.8 Å². The van der Waals surface area contributed by atoms with Crippen molar-refractivity contribution in [2.24, 2.45) is 0 Å². The number of carbonyl (C=O) groups is 1. The van der Waals surface area contributed by atoms with Crippen molar-refractivity contribution in [2.45, 2.75) is 32.8 Å². The van der Waals surface area contributed by atoms with Crippen LogP contribution in [-0.4, -0.2) is 59.6 Å². The molecule has 20 heavy (non-hydrogen) atoms. The van der Waals surface area contributed by atoms with Crippen LogP contribution >= 0.6 is 0 Å². The lowest BCUT2D eigenvalue weighted by Crippen LogP contribution is -2.50. The molecule has 2 rings (SSSR count). The zero-order valence-corrected chi connectivity index (χ0v) is 12.3. The minimum absolute atomic E-state index is 0.0274. The van der Waals surface area contributed by atoms with Gasteiger partial charge in [-0.2, -0.15) is 0 Å². The summed E-state index contributed by atoms with van der Waals surface area (Å²) in [5, 5.41) is 9.66. The molecule has 1 fully saturated rings. The van der Waals surface area contributed by atoms with Gasteiger partial charge in [0.1, 0.15) is 5.76 Å². The standard InChI is InChI=1S/C15H24N2O3/c1-3-12(18)11-16-7-9-17(10-8-16)15(19)14-6-5-13(4-2)20-14/h5-6,12,18H,3-4,7-11H2,1-2H3/t12-/m1/s1. The van der Waals surface area contributed by atoms with E-state index in [0.29, 0.717) is 25.4 Å². The molecule has 0 radical (unpaired) electrons. The Morgan fingerprint density at radius 1 is 1.30 bits per heavy atom. The van der Waals surface area contributed by atoms with Crippen molar-refractivity contribution in [1.29, 1.82) is 0 Å². The number of carbonyl (C=O) groups excluding carboxylic acids is 1. The molecule has 1 aliphatic rings. The van der Waals surface area contributed by atoms with Crippen LogP contribution in [0.1, 0.15) is 36.6 Å². The number of aliphatic hydroxyl groups excluding tert-OH is 1. The van der Waals surface area contributed by atoms with E-state index >= 15 is 0 Å². The van der Waals surface area contributed by atoms with Gasteiger partial charge in [0.15, 0.2) is 5.76 Å². The third-order valence-corrected chi connectivity index (χ3v) is 3.82. The number of nitrogens with zero attached hydrogens (tertiary/aromatic N) is 2. The van der Waals surface area contributed by atoms with E-state index in [1.54, 1.807) is 6.07 Å². The fourth-order valence-corrected chi connectivity index (χ4v) is 2.40. The smallest absolute Gasteiger partial charge is 0.289 e. The first-order chi connectivity index (χ1) is 9.63. The SMILES string of the molecule is CCc1ccc(C(=O)N2CCN(C[C@H](O)CC)CC2)o1. The molecule has 0 bridgehead atoms. The molecule has 0 saturated carbocycles. The Kier molecular flexibility index (Phi) is 5.20. The van der Waals surface area contributed by atoms with Gasteiger partial charge in [0.05, 0.1) is 6.10 Å². The van der Waals surface area contributed by atoms with E-state index in [4.69, 9.17) is 4.42 Å². The Balaban J connectivity index is 1.85. The van der Waals surface area contributed by atoms with Crippen LogP contribution in [-0.2, 0) is 6.42 Å². The summed E-state index contributed by atoms with van der Waals surface area (Å²) in [6, 6.07) is 3.62. The second kappa shape index (κ2) is 6.90. The molecule has 5 nitrogen and oxygen atoms in total. The highest BCUT2D eigenvalue weighted by Gasteiger charge is 2.24. The Morgan fingerprint density at radius 3 is 2.55 bits per heavy atom. The van der Waals surface area contributed by atoms with Crippen molar-refractivity contribution < 1.29 is 14.3 Å². The van der Waals surface area contributed by atoms with E-state index in [1.165, 1.54) is 0 Å². The molecule has 0 spiro atoms. The van der Waals surface area contributed by atoms with Gasteiger partial charge >= 0.3 is 0 Å². The minimum atomic E-state index is -0.269. The summed E-state index contributed by atoms with van der Waals surface area (Å²) in [4.78, 5) is 16.3. The number of rotatable bonds is 5. The molecule has 0 unspecified atom stereocenters. The van der Waals surface area contributed by atoms with Gasteiger partial charge in [0.2, 0.25) is 0 Å². The van der Waals surface area contributed by atoms with Gasteiger partial charge in [-0.25, -0.2) is 0 Å². The topological polar surface area (TPSA) is 56.9 Å². The number of aryl methyl sites for hydroxylation is 1. The number of furan rings is 1. The van der Waals surface area contributed by atoms with E-state index in [0.717, 1.165) is 31.7 Å². The molecule has 1 amide bonds. The normalized spacial score (nSPS) is 18.2. The zero-order valence-electron chi connectivity index (χ0n) is 12.3. The molecule has 5 heteroatoms. The van der Waals surface area contributed by atoms with Crippen LogP contribution < -0.4 is 0 Å². The highest BCUT2D eigenvalue weighted by Crippen LogP contribution is 2.13. The Labute approximate surface area is 120 Å². The van der Waals surface area contributed by atoms with Crippen LogP contribution in [0.25, 0.3) is 0 Å². The average Bonchev–Trinajstić information content (AvgIpc) is 2.96. The zero-order chi connectivity index (χ0) is 14.5. The predicted octanol–water partition coefficient (Wildman–Crippen LogP) is 1.37. The summed E-state index contributed by atoms with van der Waals surface area (Å²) in [5.74, 6) is 1.25. The predicted molar refractivity (Wildman–Crippen MR) is 76.7 cm³/mol. The maximum Gasteiger partial charge on any atom is 0.289 e. The highest BCUT2D eigenvalue weighted by molar-refractivity contribution is 5.91. The molecular weight excluding hydrogens is 256 g/mol. The van der Waals surface area contributed by atoms with Crippen molar-refractivity contribution in [1.82, 2.24) is 9.80 Å². The molecule has 1 N–H and O–H groups in total. The fourth-order valence-electron chi connectivity index (χ4n) is 2.40. The van der Waals surface area contributed by atoms with Crippen molar-refractivity contribution in [3.8, 4) is 0 Å². The van der Waals surface area contributed by atoms with Crippen LogP contribution in [0.4, 0.5) is 0 Å². The number of β-amino-alcohol motifs (C(OH)–C–C–N with tert-alkyl or cyclic N) is 1. The van der Waals surface area contributed by atoms with Crippen molar-refractivity contribution >= 4 is 5.91 Å². The number of hydrogen-bond donors (Lipinski definition) is 1. The second-order valence-corrected chi connectivity index (χ2v) is 5.27. The average molecular weight is 280 g/mol. The molecule has 1 aromatic rings. The molecule has 1 atom stereocenters. The summed E-state index contributed by atoms with van der Waals surface area (Å²) < 4.78 is 5.51. The van der Waals surface area contributed by atoms with Crippen molar-refractivity contribution in [3.63, 3.8) is 0 Å². The van der Waals surface area contributed by atoms with E-state index in [9.17, 15) is 9.90 Å². The molecule has 1 aliphatic heterocycles. The first-order valence-corrected chi connectivity index (χ1v) is 7.42. The van der Waals surface area contributed by atoms with Crippen LogP contribution in [0.2, 0.25) is 0 Å². The monoisotopic (exact) mass is 280 g/mol. The lowest BCUT2D eigenvalue weighted by molar-refractivity contribution is 0.0499. The van der Waals surface area contributed by atoms with Gasteiger partial charge in [-0.1, -0.05) is 13.8 Å². The quantitative estimate of drug-likeness (QED) is 0.885. The minimum Gasteiger partial charge on any atom is -0.456 e. The van der Waals surface area contributed by atoms with Gasteiger partial charge < -0.3 is 14.4 Å². The van der Waals surface area contributed by atoms with Gasteiger partial charge in [0, 0.05) is 39.1 Å². The Morgan fingerprint density at radius 2 is 2.00 bits per heavy atom. The maximum absolute atomic E-state index is 12.3. The number of aliphatic hydroxyl groups is 1. The van der Waals surface area contributed by atoms with Gasteiger partial charge in [-0.15, -0.1) is 0 Å². The third kappa shape index (κ3) is 3.61. The third-order valence-electron chi connectivity index (χ3n) is 3.82. The van der Waals surface area contributed by atoms with Crippen molar-refractivity contribution in [2.75, 3.05) is 32.7 Å². The van der Waals surface area contributed by atoms with E-state index in [-0.39, 0.29) is 12.0 Å². The summed E-state index contributed by atoms with van der Waals surface area (Å²) >= 11 is 0. The van der Waals surface area contributed by atoms with Gasteiger partial charge in [-0.05, 0) is 18.6 Å². The number of piperazine rings is 1. The van der Waals surface area contributed by atoms with Crippen LogP contribution in [0.15, 0.2) is 16.5 Å². The van der Waals surface area contributed by atoms with Crippen LogP contribution in [0, 0.1) is 0 Å². The molecular formula is C15H24N2O3. The molecule has 2 heterocycles. The number of hydrogen-bond acceptors (Lipinski definition) is 4. The van der Waals surface area contributed by atoms with Gasteiger partial charge in [0.25, 0.3) is 5.91 Å². The summed E-state index contributed by atoms with van der Waals surface area (Å²) in [6.07, 6.45) is 1.30. The van der Waals surface area contributed by atoms with E-state index < -0.39 is 0 Å². The lowest BCUT2D eigenvalue weighted by Gasteiger charge is -2.35. The Bertz CT molecular complexity index is 436. The van der Waals surface area contributed by atoms with Crippen LogP contribution in [0.3, 0.4) is 0 Å². The summed E-state index contributed by atoms with van der Waals surface area (Å²) in [7, 11) is 0. The number of amides is 1. The molecule has 0 aromatic carbocycles. The molecule has 112 valence electrons. The highest BCUT2D eigenvalue weighted by atomic mass is 16.4. The largest absolute Gasteiger partial charge is 0.456 e. The summed E-state index contributed by atoms with van der Waals surface area (Å²) in [5.41, 5.74) is 0. The van der Waals surface area contributed by atoms with E-state index in [2.05, 4.69) is 4.90 Å². The first kappa shape index (κ1) is 15.1. The Hall–Kier alpha value is -1.33. The first-order valence-electron chi connectivity index (χ1n) is 7.42. The maximum atomic E-state index is 12.3. The molecule has 1 saturated heterocycles. The fraction of sp³-hybridized carbons (Fsp3) is 0.667. The van der Waals surface area contributed by atoms with Crippen LogP contribution in [0.5, 0.6) is 0 Å².